The van der Waals surface area contributed by atoms with Crippen LogP contribution in [0.4, 0.5) is 5.82 Å². The standard InChI is InChI=1S/C24H28N4O3/c1-3-30-16-31-22-13-17(15-29)10-11-21(22)23-19-8-4-5-9-20(19)24(27-26-23)25-18-7-6-12-28(2)14-18/h4-5,8-11,13,15,18H,3,6-7,12,14,16H2,1-2H3,(H,25,27). The van der Waals surface area contributed by atoms with Gasteiger partial charge in [-0.25, -0.2) is 0 Å². The van der Waals surface area contributed by atoms with E-state index in [2.05, 4.69) is 33.5 Å². The van der Waals surface area contributed by atoms with E-state index < -0.39 is 0 Å². The number of nitrogens with zero attached hydrogens (tertiary/aromatic N) is 3. The molecule has 1 N–H and O–H groups in total. The molecule has 1 aromatic heterocycles. The maximum absolute atomic E-state index is 11.3. The Bertz CT molecular complexity index is 1060. The van der Waals surface area contributed by atoms with Gasteiger partial charge in [0.15, 0.2) is 12.6 Å². The summed E-state index contributed by atoms with van der Waals surface area (Å²) in [6, 6.07) is 13.8. The zero-order chi connectivity index (χ0) is 21.6. The van der Waals surface area contributed by atoms with Crippen LogP contribution in [0, 0.1) is 0 Å². The van der Waals surface area contributed by atoms with Crippen molar-refractivity contribution >= 4 is 22.9 Å². The minimum absolute atomic E-state index is 0.103. The van der Waals surface area contributed by atoms with Crippen molar-refractivity contribution in [1.29, 1.82) is 0 Å². The lowest BCUT2D eigenvalue weighted by Crippen LogP contribution is -2.40. The molecule has 0 bridgehead atoms. The van der Waals surface area contributed by atoms with Crippen molar-refractivity contribution < 1.29 is 14.3 Å². The van der Waals surface area contributed by atoms with Crippen LogP contribution in [-0.4, -0.2) is 61.0 Å². The van der Waals surface area contributed by atoms with Gasteiger partial charge < -0.3 is 19.7 Å². The van der Waals surface area contributed by atoms with Crippen molar-refractivity contribution in [1.82, 2.24) is 15.1 Å². The number of anilines is 1. The maximum Gasteiger partial charge on any atom is 0.189 e. The Morgan fingerprint density at radius 2 is 2.03 bits per heavy atom. The minimum Gasteiger partial charge on any atom is -0.467 e. The maximum atomic E-state index is 11.3. The molecule has 1 aliphatic rings. The molecule has 1 aliphatic heterocycles. The average molecular weight is 421 g/mol. The lowest BCUT2D eigenvalue weighted by molar-refractivity contribution is 0.0227. The molecular weight excluding hydrogens is 392 g/mol. The van der Waals surface area contributed by atoms with Gasteiger partial charge in [0.25, 0.3) is 0 Å². The van der Waals surface area contributed by atoms with E-state index in [4.69, 9.17) is 9.47 Å². The molecule has 3 aromatic rings. The highest BCUT2D eigenvalue weighted by atomic mass is 16.7. The lowest BCUT2D eigenvalue weighted by Gasteiger charge is -2.30. The van der Waals surface area contributed by atoms with Crippen molar-refractivity contribution in [3.05, 3.63) is 48.0 Å². The van der Waals surface area contributed by atoms with Gasteiger partial charge in [0, 0.05) is 41.1 Å². The van der Waals surface area contributed by atoms with E-state index in [-0.39, 0.29) is 6.79 Å². The molecule has 0 spiro atoms. The van der Waals surface area contributed by atoms with Crippen molar-refractivity contribution in [2.24, 2.45) is 0 Å². The molecule has 0 saturated carbocycles. The van der Waals surface area contributed by atoms with Crippen molar-refractivity contribution in [3.8, 4) is 17.0 Å². The first-order valence-electron chi connectivity index (χ1n) is 10.7. The summed E-state index contributed by atoms with van der Waals surface area (Å²) < 4.78 is 11.2. The van der Waals surface area contributed by atoms with Crippen LogP contribution >= 0.6 is 0 Å². The Labute approximate surface area is 182 Å². The number of ether oxygens (including phenoxy) is 2. The molecule has 162 valence electrons. The van der Waals surface area contributed by atoms with Crippen LogP contribution in [-0.2, 0) is 4.74 Å². The first kappa shape index (κ1) is 21.2. The second kappa shape index (κ2) is 9.85. The highest BCUT2D eigenvalue weighted by Gasteiger charge is 2.20. The number of hydrogen-bond acceptors (Lipinski definition) is 7. The number of benzene rings is 2. The zero-order valence-electron chi connectivity index (χ0n) is 18.0. The number of likely N-dealkylation sites (N-methyl/N-ethyl adjacent to an activating group) is 1. The van der Waals surface area contributed by atoms with E-state index in [0.29, 0.717) is 29.7 Å². The molecule has 1 fully saturated rings. The molecule has 31 heavy (non-hydrogen) atoms. The Hall–Kier alpha value is -3.03. The SMILES string of the molecule is CCOCOc1cc(C=O)ccc1-c1nnc(NC2CCCN(C)C2)c2ccccc12. The number of rotatable bonds is 8. The Balaban J connectivity index is 1.73. The second-order valence-corrected chi connectivity index (χ2v) is 7.82. The first-order valence-corrected chi connectivity index (χ1v) is 10.7. The van der Waals surface area contributed by atoms with Gasteiger partial charge in [-0.3, -0.25) is 4.79 Å². The smallest absolute Gasteiger partial charge is 0.189 e. The highest BCUT2D eigenvalue weighted by Crippen LogP contribution is 2.36. The van der Waals surface area contributed by atoms with Crippen LogP contribution in [0.3, 0.4) is 0 Å². The van der Waals surface area contributed by atoms with Crippen LogP contribution in [0.2, 0.25) is 0 Å². The van der Waals surface area contributed by atoms with Crippen molar-refractivity contribution in [3.63, 3.8) is 0 Å². The lowest BCUT2D eigenvalue weighted by atomic mass is 10.0. The van der Waals surface area contributed by atoms with Gasteiger partial charge in [-0.05, 0) is 45.5 Å². The fourth-order valence-electron chi connectivity index (χ4n) is 4.00. The summed E-state index contributed by atoms with van der Waals surface area (Å²) in [5.41, 5.74) is 2.02. The Morgan fingerprint density at radius 1 is 1.19 bits per heavy atom. The number of piperidine rings is 1. The van der Waals surface area contributed by atoms with Crippen LogP contribution in [0.15, 0.2) is 42.5 Å². The van der Waals surface area contributed by atoms with Gasteiger partial charge in [0.2, 0.25) is 0 Å². The number of fused-ring (bicyclic) bond motifs is 1. The van der Waals surface area contributed by atoms with Crippen LogP contribution in [0.1, 0.15) is 30.1 Å². The van der Waals surface area contributed by atoms with E-state index in [1.165, 1.54) is 6.42 Å². The molecule has 1 saturated heterocycles. The molecule has 7 heteroatoms. The quantitative estimate of drug-likeness (QED) is 0.335. The number of nitrogens with one attached hydrogen (secondary N) is 1. The largest absolute Gasteiger partial charge is 0.467 e. The molecule has 0 radical (unpaired) electrons. The van der Waals surface area contributed by atoms with E-state index in [0.717, 1.165) is 48.0 Å². The molecule has 1 atom stereocenters. The number of aldehydes is 1. The Kier molecular flexibility index (Phi) is 6.74. The number of carbonyl (C=O) groups excluding carboxylic acids is 1. The fraction of sp³-hybridized carbons (Fsp3) is 0.375. The first-order chi connectivity index (χ1) is 15.2. The summed E-state index contributed by atoms with van der Waals surface area (Å²) >= 11 is 0. The summed E-state index contributed by atoms with van der Waals surface area (Å²) in [6.45, 7) is 4.67. The minimum atomic E-state index is 0.103. The number of hydrogen-bond donors (Lipinski definition) is 1. The molecular formula is C24H28N4O3. The monoisotopic (exact) mass is 420 g/mol. The molecule has 2 heterocycles. The summed E-state index contributed by atoms with van der Waals surface area (Å²) in [6.07, 6.45) is 3.08. The number of carbonyl (C=O) groups is 1. The summed E-state index contributed by atoms with van der Waals surface area (Å²) in [7, 11) is 2.15. The predicted molar refractivity (Wildman–Crippen MR) is 122 cm³/mol. The summed E-state index contributed by atoms with van der Waals surface area (Å²) in [4.78, 5) is 13.6. The molecule has 0 aliphatic carbocycles. The summed E-state index contributed by atoms with van der Waals surface area (Å²) in [5, 5.41) is 14.7. The van der Waals surface area contributed by atoms with Gasteiger partial charge in [-0.15, -0.1) is 10.2 Å². The highest BCUT2D eigenvalue weighted by molar-refractivity contribution is 6.01. The second-order valence-electron chi connectivity index (χ2n) is 7.82. The van der Waals surface area contributed by atoms with E-state index >= 15 is 0 Å². The third kappa shape index (κ3) is 4.84. The van der Waals surface area contributed by atoms with Crippen molar-refractivity contribution in [2.75, 3.05) is 38.9 Å². The van der Waals surface area contributed by atoms with Gasteiger partial charge in [-0.1, -0.05) is 30.3 Å². The molecule has 1 unspecified atom stereocenters. The zero-order valence-corrected chi connectivity index (χ0v) is 18.0. The van der Waals surface area contributed by atoms with Gasteiger partial charge in [0.05, 0.1) is 0 Å². The summed E-state index contributed by atoms with van der Waals surface area (Å²) in [5.74, 6) is 1.34. The topological polar surface area (TPSA) is 76.6 Å². The normalized spacial score (nSPS) is 16.9. The molecule has 2 aromatic carbocycles. The predicted octanol–water partition coefficient (Wildman–Crippen LogP) is 3.99. The van der Waals surface area contributed by atoms with E-state index in [1.807, 2.05) is 31.2 Å². The third-order valence-corrected chi connectivity index (χ3v) is 5.55. The van der Waals surface area contributed by atoms with E-state index in [1.54, 1.807) is 12.1 Å². The van der Waals surface area contributed by atoms with Crippen LogP contribution in [0.5, 0.6) is 5.75 Å². The number of aromatic nitrogens is 2. The number of likely N-dealkylation sites (tertiary alicyclic amines) is 1. The fourth-order valence-corrected chi connectivity index (χ4v) is 4.00. The van der Waals surface area contributed by atoms with E-state index in [9.17, 15) is 4.79 Å². The van der Waals surface area contributed by atoms with Crippen LogP contribution in [0.25, 0.3) is 22.0 Å². The van der Waals surface area contributed by atoms with Gasteiger partial charge in [-0.2, -0.15) is 0 Å². The molecule has 7 nitrogen and oxygen atoms in total. The average Bonchev–Trinajstić information content (AvgIpc) is 2.80. The third-order valence-electron chi connectivity index (χ3n) is 5.55. The van der Waals surface area contributed by atoms with Gasteiger partial charge in [0.1, 0.15) is 17.7 Å². The van der Waals surface area contributed by atoms with Crippen LogP contribution < -0.4 is 10.1 Å². The molecule has 0 amide bonds. The Morgan fingerprint density at radius 3 is 2.81 bits per heavy atom. The van der Waals surface area contributed by atoms with Gasteiger partial charge >= 0.3 is 0 Å². The molecule has 4 rings (SSSR count). The van der Waals surface area contributed by atoms with Crippen molar-refractivity contribution in [2.45, 2.75) is 25.8 Å².